The Morgan fingerprint density at radius 2 is 0.520 bits per heavy atom. The standard InChI is InChI=1S/C81H134O17P2/c1-5-9-13-17-21-25-29-32-35-37-40-43-47-50-54-58-62-66-79(84)92-72-77(98-81(86)68-64-60-56-52-48-44-41-38-36-33-30-26-22-18-14-10-6-2)74-96-100(89,90)94-70-75(82)69-93-99(87,88)95-73-76(97-80(85)67-63-59-55-51-45-28-24-20-16-12-8-4)71-91-78(83)65-61-57-53-49-46-42-39-34-31-27-23-19-15-11-7-3/h9-11,13-15,20-27,32-36,39-40,43,46,49,75-77,82H,5-8,12,16-19,28-31,37-38,41-42,44-45,47-48,50-74H2,1-4H3,(H,87,88)(H,89,90)/b13-9-,14-10-,15-11-,24-20-,25-21-,26-22-,27-23-,35-32-,36-33-,39-34-,43-40-,49-46-. The monoisotopic (exact) mass is 1440 g/mol. The molecule has 0 aliphatic heterocycles. The van der Waals surface area contributed by atoms with Crippen LogP contribution in [0.2, 0.25) is 0 Å². The van der Waals surface area contributed by atoms with Crippen LogP contribution in [0, 0.1) is 0 Å². The molecule has 0 rings (SSSR count). The van der Waals surface area contributed by atoms with Gasteiger partial charge in [0.05, 0.1) is 26.4 Å². The first-order valence-corrected chi connectivity index (χ1v) is 41.1. The summed E-state index contributed by atoms with van der Waals surface area (Å²) in [6.07, 6.45) is 81.3. The van der Waals surface area contributed by atoms with Crippen molar-refractivity contribution in [1.29, 1.82) is 0 Å². The number of aliphatic hydroxyl groups is 1. The molecule has 0 amide bonds. The van der Waals surface area contributed by atoms with Gasteiger partial charge in [-0.05, 0) is 154 Å². The molecule has 0 heterocycles. The minimum Gasteiger partial charge on any atom is -0.462 e. The van der Waals surface area contributed by atoms with Gasteiger partial charge in [-0.15, -0.1) is 0 Å². The summed E-state index contributed by atoms with van der Waals surface area (Å²) in [7, 11) is -9.98. The minimum atomic E-state index is -4.99. The largest absolute Gasteiger partial charge is 0.472 e. The molecule has 570 valence electrons. The predicted molar refractivity (Wildman–Crippen MR) is 408 cm³/mol. The summed E-state index contributed by atoms with van der Waals surface area (Å²) < 4.78 is 68.4. The third kappa shape index (κ3) is 71.3. The van der Waals surface area contributed by atoms with Crippen molar-refractivity contribution in [1.82, 2.24) is 0 Å². The number of ether oxygens (including phenoxy) is 4. The summed E-state index contributed by atoms with van der Waals surface area (Å²) in [6.45, 7) is 4.38. The van der Waals surface area contributed by atoms with Gasteiger partial charge in [0.25, 0.3) is 0 Å². The molecule has 0 aromatic heterocycles. The number of phosphoric ester groups is 2. The summed E-state index contributed by atoms with van der Waals surface area (Å²) >= 11 is 0. The Morgan fingerprint density at radius 3 is 0.830 bits per heavy atom. The van der Waals surface area contributed by atoms with Crippen LogP contribution in [0.25, 0.3) is 0 Å². The van der Waals surface area contributed by atoms with E-state index in [1.54, 1.807) is 0 Å². The fourth-order valence-electron chi connectivity index (χ4n) is 9.55. The van der Waals surface area contributed by atoms with E-state index in [1.807, 2.05) is 0 Å². The van der Waals surface area contributed by atoms with E-state index in [0.717, 1.165) is 193 Å². The molecule has 0 bridgehead atoms. The first-order chi connectivity index (χ1) is 48.7. The maximum atomic E-state index is 13.1. The molecule has 0 saturated carbocycles. The van der Waals surface area contributed by atoms with Gasteiger partial charge in [0.2, 0.25) is 0 Å². The van der Waals surface area contributed by atoms with Crippen LogP contribution in [0.4, 0.5) is 0 Å². The summed E-state index contributed by atoms with van der Waals surface area (Å²) in [5.74, 6) is -2.28. The third-order valence-corrected chi connectivity index (χ3v) is 17.2. The number of carbonyl (C=O) groups is 4. The van der Waals surface area contributed by atoms with E-state index in [0.29, 0.717) is 25.7 Å². The highest BCUT2D eigenvalue weighted by molar-refractivity contribution is 7.47. The summed E-state index contributed by atoms with van der Waals surface area (Å²) in [4.78, 5) is 72.8. The maximum Gasteiger partial charge on any atom is 0.472 e. The van der Waals surface area contributed by atoms with Crippen molar-refractivity contribution in [3.05, 3.63) is 146 Å². The quantitative estimate of drug-likeness (QED) is 0.0169. The van der Waals surface area contributed by atoms with E-state index in [-0.39, 0.29) is 25.7 Å². The molecule has 0 spiro atoms. The van der Waals surface area contributed by atoms with Gasteiger partial charge in [0.15, 0.2) is 12.2 Å². The van der Waals surface area contributed by atoms with Crippen LogP contribution in [-0.2, 0) is 65.4 Å². The molecular weight excluding hydrogens is 1310 g/mol. The average Bonchev–Trinajstić information content (AvgIpc) is 1.00. The highest BCUT2D eigenvalue weighted by Crippen LogP contribution is 2.45. The number of rotatable bonds is 70. The number of allylic oxidation sites excluding steroid dienone is 24. The highest BCUT2D eigenvalue weighted by atomic mass is 31.2. The van der Waals surface area contributed by atoms with Crippen molar-refractivity contribution in [3.8, 4) is 0 Å². The fraction of sp³-hybridized carbons (Fsp3) is 0.654. The summed E-state index contributed by atoms with van der Waals surface area (Å²) in [5, 5.41) is 10.6. The molecular formula is C81H134O17P2. The zero-order valence-corrected chi connectivity index (χ0v) is 63.9. The number of hydrogen-bond acceptors (Lipinski definition) is 15. The van der Waals surface area contributed by atoms with Gasteiger partial charge < -0.3 is 33.8 Å². The number of unbranched alkanes of at least 4 members (excludes halogenated alkanes) is 20. The second-order valence-corrected chi connectivity index (χ2v) is 27.7. The van der Waals surface area contributed by atoms with Crippen molar-refractivity contribution < 1.29 is 80.2 Å². The smallest absolute Gasteiger partial charge is 0.462 e. The topological polar surface area (TPSA) is 237 Å². The first-order valence-electron chi connectivity index (χ1n) is 38.1. The van der Waals surface area contributed by atoms with Crippen LogP contribution in [0.1, 0.15) is 285 Å². The SMILES string of the molecule is CC/C=C\C/C=C\C/C=C\C/C=C\CCCCCCC(=O)OCC(COP(=O)(O)OCC(O)COP(=O)(O)OCC(COC(=O)CCCC/C=C\C/C=C\C/C=C\C/C=C\CC)OC(=O)CCCCCCC/C=C\CCCC)OC(=O)CCCCCCCCC/C=C\C/C=C\C/C=C\CC. The molecule has 19 heteroatoms. The molecule has 0 aromatic carbocycles. The van der Waals surface area contributed by atoms with Crippen molar-refractivity contribution >= 4 is 39.5 Å². The Kier molecular flexibility index (Phi) is 68.6. The van der Waals surface area contributed by atoms with Crippen LogP contribution in [0.3, 0.4) is 0 Å². The van der Waals surface area contributed by atoms with Crippen LogP contribution in [0.5, 0.6) is 0 Å². The molecule has 0 radical (unpaired) electrons. The van der Waals surface area contributed by atoms with E-state index < -0.39 is 97.5 Å². The lowest BCUT2D eigenvalue weighted by molar-refractivity contribution is -0.161. The first kappa shape index (κ1) is 94.9. The van der Waals surface area contributed by atoms with Crippen molar-refractivity contribution in [2.24, 2.45) is 0 Å². The van der Waals surface area contributed by atoms with Gasteiger partial charge in [0, 0.05) is 25.7 Å². The number of hydrogen-bond donors (Lipinski definition) is 3. The van der Waals surface area contributed by atoms with Crippen LogP contribution < -0.4 is 0 Å². The van der Waals surface area contributed by atoms with E-state index in [2.05, 4.69) is 174 Å². The predicted octanol–water partition coefficient (Wildman–Crippen LogP) is 21.9. The van der Waals surface area contributed by atoms with Gasteiger partial charge in [-0.2, -0.15) is 0 Å². The molecule has 0 aliphatic rings. The Balaban J connectivity index is 5.41. The van der Waals surface area contributed by atoms with Crippen molar-refractivity contribution in [3.63, 3.8) is 0 Å². The Hall–Kier alpha value is -5.06. The van der Waals surface area contributed by atoms with Gasteiger partial charge >= 0.3 is 39.5 Å². The third-order valence-electron chi connectivity index (χ3n) is 15.3. The lowest BCUT2D eigenvalue weighted by Crippen LogP contribution is -2.30. The molecule has 0 aliphatic carbocycles. The molecule has 100 heavy (non-hydrogen) atoms. The minimum absolute atomic E-state index is 0.0711. The van der Waals surface area contributed by atoms with Gasteiger partial charge in [-0.1, -0.05) is 251 Å². The Labute approximate surface area is 605 Å². The Bertz CT molecular complexity index is 2470. The zero-order chi connectivity index (χ0) is 73.2. The van der Waals surface area contributed by atoms with Gasteiger partial charge in [-0.3, -0.25) is 37.3 Å². The lowest BCUT2D eigenvalue weighted by atomic mass is 10.1. The summed E-state index contributed by atoms with van der Waals surface area (Å²) in [6, 6.07) is 0. The molecule has 17 nitrogen and oxygen atoms in total. The number of carbonyl (C=O) groups excluding carboxylic acids is 4. The van der Waals surface area contributed by atoms with E-state index in [9.17, 15) is 43.2 Å². The van der Waals surface area contributed by atoms with Crippen LogP contribution >= 0.6 is 15.6 Å². The fourth-order valence-corrected chi connectivity index (χ4v) is 11.1. The number of aliphatic hydroxyl groups excluding tert-OH is 1. The molecule has 0 aromatic rings. The normalized spacial score (nSPS) is 14.8. The van der Waals surface area contributed by atoms with Crippen LogP contribution in [-0.4, -0.2) is 96.7 Å². The molecule has 5 atom stereocenters. The Morgan fingerprint density at radius 1 is 0.290 bits per heavy atom. The molecule has 3 N–H and O–H groups in total. The van der Waals surface area contributed by atoms with Gasteiger partial charge in [-0.25, -0.2) is 9.13 Å². The lowest BCUT2D eigenvalue weighted by Gasteiger charge is -2.21. The highest BCUT2D eigenvalue weighted by Gasteiger charge is 2.30. The number of phosphoric acid groups is 2. The maximum absolute atomic E-state index is 13.1. The van der Waals surface area contributed by atoms with E-state index >= 15 is 0 Å². The second-order valence-electron chi connectivity index (χ2n) is 24.8. The zero-order valence-electron chi connectivity index (χ0n) is 62.1. The van der Waals surface area contributed by atoms with E-state index in [4.69, 9.17) is 37.0 Å². The van der Waals surface area contributed by atoms with E-state index in [1.165, 1.54) is 12.8 Å². The average molecular weight is 1440 g/mol. The number of esters is 4. The van der Waals surface area contributed by atoms with Crippen molar-refractivity contribution in [2.75, 3.05) is 39.6 Å². The summed E-state index contributed by atoms with van der Waals surface area (Å²) in [5.41, 5.74) is 0. The molecule has 5 unspecified atom stereocenters. The van der Waals surface area contributed by atoms with Crippen LogP contribution in [0.15, 0.2) is 146 Å². The molecule has 0 fully saturated rings. The van der Waals surface area contributed by atoms with Crippen molar-refractivity contribution in [2.45, 2.75) is 303 Å². The molecule has 0 saturated heterocycles. The van der Waals surface area contributed by atoms with Gasteiger partial charge in [0.1, 0.15) is 19.3 Å². The second kappa shape index (κ2) is 72.3.